The molecule has 0 radical (unpaired) electrons. The number of urea groups is 1. The van der Waals surface area contributed by atoms with Gasteiger partial charge in [-0.2, -0.15) is 11.8 Å². The minimum absolute atomic E-state index is 0.0347. The van der Waals surface area contributed by atoms with E-state index in [2.05, 4.69) is 5.32 Å². The fourth-order valence-corrected chi connectivity index (χ4v) is 5.30. The number of thioether (sulfide) groups is 1. The smallest absolute Gasteiger partial charge is 0.326 e. The number of carboxylic acids is 1. The molecule has 0 spiro atoms. The zero-order valence-corrected chi connectivity index (χ0v) is 13.5. The molecule has 1 saturated heterocycles. The summed E-state index contributed by atoms with van der Waals surface area (Å²) in [5.74, 6) is -0.138. The Kier molecular flexibility index (Phi) is 5.03. The summed E-state index contributed by atoms with van der Waals surface area (Å²) in [6, 6.07) is -1.51. The average molecular weight is 336 g/mol. The number of rotatable bonds is 5. The van der Waals surface area contributed by atoms with E-state index in [1.165, 1.54) is 16.7 Å². The molecular formula is C12H20N2O5S2. The first-order valence-electron chi connectivity index (χ1n) is 6.96. The standard InChI is InChI=1S/C12H20N2O5S2/c1-2-21(18,19)9-7-20-6-5-14(9)12(17)13-10(11(15)16)8-3-4-8/h8-10H,2-7H2,1H3,(H,13,17)(H,15,16). The van der Waals surface area contributed by atoms with Crippen LogP contribution in [-0.2, 0) is 14.6 Å². The summed E-state index contributed by atoms with van der Waals surface area (Å²) < 4.78 is 24.2. The highest BCUT2D eigenvalue weighted by Gasteiger charge is 2.41. The molecule has 2 fully saturated rings. The molecule has 1 aliphatic heterocycles. The summed E-state index contributed by atoms with van der Waals surface area (Å²) in [6.07, 6.45) is 1.56. The zero-order chi connectivity index (χ0) is 15.6. The number of carbonyl (C=O) groups is 2. The SMILES string of the molecule is CCS(=O)(=O)C1CSCCN1C(=O)NC(C(=O)O)C1CC1. The quantitative estimate of drug-likeness (QED) is 0.752. The van der Waals surface area contributed by atoms with Crippen LogP contribution in [0.25, 0.3) is 0 Å². The van der Waals surface area contributed by atoms with Crippen molar-refractivity contribution in [3.05, 3.63) is 0 Å². The third kappa shape index (κ3) is 3.82. The summed E-state index contributed by atoms with van der Waals surface area (Å²) in [5, 5.41) is 10.8. The van der Waals surface area contributed by atoms with Crippen molar-refractivity contribution in [3.63, 3.8) is 0 Å². The molecule has 0 aromatic carbocycles. The molecular weight excluding hydrogens is 316 g/mol. The van der Waals surface area contributed by atoms with Gasteiger partial charge in [-0.05, 0) is 18.8 Å². The lowest BCUT2D eigenvalue weighted by Gasteiger charge is -2.35. The fourth-order valence-electron chi connectivity index (χ4n) is 2.33. The van der Waals surface area contributed by atoms with E-state index >= 15 is 0 Å². The van der Waals surface area contributed by atoms with Crippen molar-refractivity contribution >= 4 is 33.6 Å². The first kappa shape index (κ1) is 16.4. The molecule has 0 bridgehead atoms. The van der Waals surface area contributed by atoms with Gasteiger partial charge in [0, 0.05) is 23.8 Å². The average Bonchev–Trinajstić information content (AvgIpc) is 3.28. The van der Waals surface area contributed by atoms with Crippen molar-refractivity contribution in [1.82, 2.24) is 10.2 Å². The van der Waals surface area contributed by atoms with Crippen LogP contribution >= 0.6 is 11.8 Å². The van der Waals surface area contributed by atoms with Crippen LogP contribution in [0.1, 0.15) is 19.8 Å². The molecule has 2 unspecified atom stereocenters. The summed E-state index contributed by atoms with van der Waals surface area (Å²) in [5.41, 5.74) is 0. The third-order valence-corrected chi connectivity index (χ3v) is 7.09. The van der Waals surface area contributed by atoms with Crippen LogP contribution in [0.2, 0.25) is 0 Å². The van der Waals surface area contributed by atoms with Crippen LogP contribution in [0.3, 0.4) is 0 Å². The Bertz CT molecular complexity index is 518. The first-order chi connectivity index (χ1) is 9.86. The highest BCUT2D eigenvalue weighted by Crippen LogP contribution is 2.33. The maximum Gasteiger partial charge on any atom is 0.326 e. The molecule has 2 atom stereocenters. The van der Waals surface area contributed by atoms with Crippen molar-refractivity contribution in [1.29, 1.82) is 0 Å². The summed E-state index contributed by atoms with van der Waals surface area (Å²) in [7, 11) is -3.38. The largest absolute Gasteiger partial charge is 0.480 e. The number of aliphatic carboxylic acids is 1. The number of amides is 2. The molecule has 2 N–H and O–H groups in total. The number of carbonyl (C=O) groups excluding carboxylic acids is 1. The minimum Gasteiger partial charge on any atom is -0.480 e. The van der Waals surface area contributed by atoms with Crippen LogP contribution in [0.15, 0.2) is 0 Å². The van der Waals surface area contributed by atoms with E-state index < -0.39 is 33.3 Å². The van der Waals surface area contributed by atoms with E-state index in [1.807, 2.05) is 0 Å². The predicted octanol–water partition coefficient (Wildman–Crippen LogP) is 0.369. The highest BCUT2D eigenvalue weighted by molar-refractivity contribution is 8.01. The summed E-state index contributed by atoms with van der Waals surface area (Å²) >= 11 is 1.49. The second-order valence-electron chi connectivity index (χ2n) is 5.28. The van der Waals surface area contributed by atoms with E-state index in [0.29, 0.717) is 18.1 Å². The molecule has 1 heterocycles. The molecule has 2 aliphatic rings. The summed E-state index contributed by atoms with van der Waals surface area (Å²) in [6.45, 7) is 1.87. The third-order valence-electron chi connectivity index (χ3n) is 3.80. The molecule has 9 heteroatoms. The Hall–Kier alpha value is -0.960. The number of nitrogens with zero attached hydrogens (tertiary/aromatic N) is 1. The lowest BCUT2D eigenvalue weighted by atomic mass is 10.2. The Morgan fingerprint density at radius 2 is 2.10 bits per heavy atom. The topological polar surface area (TPSA) is 104 Å². The van der Waals surface area contributed by atoms with Crippen molar-refractivity contribution in [2.24, 2.45) is 5.92 Å². The van der Waals surface area contributed by atoms with Gasteiger partial charge in [-0.15, -0.1) is 0 Å². The van der Waals surface area contributed by atoms with Gasteiger partial charge in [0.15, 0.2) is 9.84 Å². The maximum absolute atomic E-state index is 12.3. The van der Waals surface area contributed by atoms with E-state index in [4.69, 9.17) is 5.11 Å². The van der Waals surface area contributed by atoms with Gasteiger partial charge in [-0.25, -0.2) is 18.0 Å². The summed E-state index contributed by atoms with van der Waals surface area (Å²) in [4.78, 5) is 24.7. The zero-order valence-electron chi connectivity index (χ0n) is 11.8. The molecule has 0 aromatic rings. The predicted molar refractivity (Wildman–Crippen MR) is 80.0 cm³/mol. The van der Waals surface area contributed by atoms with E-state index in [1.54, 1.807) is 6.92 Å². The lowest BCUT2D eigenvalue weighted by Crippen LogP contribution is -2.57. The highest BCUT2D eigenvalue weighted by atomic mass is 32.2. The number of hydrogen-bond acceptors (Lipinski definition) is 5. The Labute approximate surface area is 128 Å². The van der Waals surface area contributed by atoms with Gasteiger partial charge in [0.2, 0.25) is 0 Å². The molecule has 1 saturated carbocycles. The second-order valence-corrected chi connectivity index (χ2v) is 8.87. The fraction of sp³-hybridized carbons (Fsp3) is 0.833. The van der Waals surface area contributed by atoms with Gasteiger partial charge in [-0.3, -0.25) is 0 Å². The van der Waals surface area contributed by atoms with Crippen molar-refractivity contribution in [3.8, 4) is 0 Å². The van der Waals surface area contributed by atoms with Crippen LogP contribution < -0.4 is 5.32 Å². The van der Waals surface area contributed by atoms with Gasteiger partial charge in [0.05, 0.1) is 0 Å². The van der Waals surface area contributed by atoms with Crippen LogP contribution in [0.5, 0.6) is 0 Å². The molecule has 7 nitrogen and oxygen atoms in total. The number of carboxylic acid groups (broad SMARTS) is 1. The Balaban J connectivity index is 2.09. The maximum atomic E-state index is 12.3. The Morgan fingerprint density at radius 3 is 2.62 bits per heavy atom. The van der Waals surface area contributed by atoms with E-state index in [0.717, 1.165) is 12.8 Å². The molecule has 120 valence electrons. The van der Waals surface area contributed by atoms with Gasteiger partial charge in [0.1, 0.15) is 11.4 Å². The molecule has 21 heavy (non-hydrogen) atoms. The molecule has 2 rings (SSSR count). The normalized spacial score (nSPS) is 24.4. The van der Waals surface area contributed by atoms with Gasteiger partial charge < -0.3 is 15.3 Å². The molecule has 2 amide bonds. The number of hydrogen-bond donors (Lipinski definition) is 2. The molecule has 0 aromatic heterocycles. The van der Waals surface area contributed by atoms with Gasteiger partial charge in [0.25, 0.3) is 0 Å². The van der Waals surface area contributed by atoms with E-state index in [-0.39, 0.29) is 11.7 Å². The van der Waals surface area contributed by atoms with Crippen molar-refractivity contribution in [2.75, 3.05) is 23.8 Å². The number of nitrogens with one attached hydrogen (secondary N) is 1. The van der Waals surface area contributed by atoms with Crippen LogP contribution in [-0.4, -0.2) is 65.6 Å². The lowest BCUT2D eigenvalue weighted by molar-refractivity contribution is -0.139. The Morgan fingerprint density at radius 1 is 1.43 bits per heavy atom. The van der Waals surface area contributed by atoms with Gasteiger partial charge in [-0.1, -0.05) is 6.92 Å². The minimum atomic E-state index is -3.38. The second kappa shape index (κ2) is 6.43. The monoisotopic (exact) mass is 336 g/mol. The van der Waals surface area contributed by atoms with Crippen molar-refractivity contribution in [2.45, 2.75) is 31.2 Å². The van der Waals surface area contributed by atoms with E-state index in [9.17, 15) is 18.0 Å². The number of sulfone groups is 1. The first-order valence-corrected chi connectivity index (χ1v) is 9.83. The van der Waals surface area contributed by atoms with Crippen LogP contribution in [0.4, 0.5) is 4.79 Å². The van der Waals surface area contributed by atoms with Crippen LogP contribution in [0, 0.1) is 5.92 Å². The molecule has 1 aliphatic carbocycles. The van der Waals surface area contributed by atoms with Crippen molar-refractivity contribution < 1.29 is 23.1 Å². The van der Waals surface area contributed by atoms with Gasteiger partial charge >= 0.3 is 12.0 Å².